The number of nitrogens with zero attached hydrogens (tertiary/aromatic N) is 1. The fraction of sp³-hybridized carbons (Fsp3) is 0.290. The number of ether oxygens (including phenoxy) is 1. The maximum absolute atomic E-state index is 13.6. The van der Waals surface area contributed by atoms with Crippen LogP contribution < -0.4 is 9.64 Å². The van der Waals surface area contributed by atoms with Crippen molar-refractivity contribution in [1.82, 2.24) is 0 Å². The molecule has 1 heterocycles. The average molecular weight is 484 g/mol. The van der Waals surface area contributed by atoms with Gasteiger partial charge in [0.15, 0.2) is 11.5 Å². The molecule has 0 aliphatic carbocycles. The molecule has 3 aromatic carbocycles. The molecule has 0 saturated heterocycles. The molecule has 0 fully saturated rings. The van der Waals surface area contributed by atoms with Crippen LogP contribution in [-0.4, -0.2) is 23.4 Å². The molecule has 0 bridgehead atoms. The zero-order valence-corrected chi connectivity index (χ0v) is 20.9. The molecule has 1 N–H and O–H groups in total. The predicted octanol–water partition coefficient (Wildman–Crippen LogP) is 6.99. The van der Waals surface area contributed by atoms with Gasteiger partial charge < -0.3 is 9.84 Å². The lowest BCUT2D eigenvalue weighted by Crippen LogP contribution is -2.31. The minimum Gasteiger partial charge on any atom is -0.503 e. The number of hydrogen-bond acceptors (Lipinski definition) is 4. The Balaban J connectivity index is 1.71. The first-order valence-electron chi connectivity index (χ1n) is 12.7. The van der Waals surface area contributed by atoms with E-state index in [1.54, 1.807) is 36.4 Å². The average Bonchev–Trinajstić information content (AvgIpc) is 3.19. The summed E-state index contributed by atoms with van der Waals surface area (Å²) in [6, 6.07) is 23.1. The number of Topliss-reactive ketones (excluding diaryl/α,β-unsaturated/α-hetero) is 1. The van der Waals surface area contributed by atoms with Gasteiger partial charge in [0.1, 0.15) is 5.75 Å². The van der Waals surface area contributed by atoms with E-state index in [2.05, 4.69) is 13.8 Å². The normalized spacial score (nSPS) is 15.4. The SMILES string of the molecule is CCCCCCOc1cccc(N2C(=O)C(O)=C(C(=O)c3ccccc3)C2c2ccc(CC)cc2)c1. The maximum Gasteiger partial charge on any atom is 0.294 e. The molecule has 4 rings (SSSR count). The van der Waals surface area contributed by atoms with Gasteiger partial charge in [-0.05, 0) is 36.1 Å². The van der Waals surface area contributed by atoms with E-state index in [1.165, 1.54) is 11.3 Å². The lowest BCUT2D eigenvalue weighted by atomic mass is 9.92. The van der Waals surface area contributed by atoms with E-state index in [-0.39, 0.29) is 11.4 Å². The third-order valence-corrected chi connectivity index (χ3v) is 6.55. The number of benzene rings is 3. The topological polar surface area (TPSA) is 66.8 Å². The summed E-state index contributed by atoms with van der Waals surface area (Å²) in [6.07, 6.45) is 5.29. The summed E-state index contributed by atoms with van der Waals surface area (Å²) in [5, 5.41) is 11.0. The molecule has 0 aromatic heterocycles. The highest BCUT2D eigenvalue weighted by Crippen LogP contribution is 2.42. The van der Waals surface area contributed by atoms with Crippen LogP contribution in [0, 0.1) is 0 Å². The van der Waals surface area contributed by atoms with Crippen LogP contribution in [0.25, 0.3) is 0 Å². The summed E-state index contributed by atoms with van der Waals surface area (Å²) >= 11 is 0. The highest BCUT2D eigenvalue weighted by molar-refractivity contribution is 6.20. The van der Waals surface area contributed by atoms with Gasteiger partial charge in [0.05, 0.1) is 18.2 Å². The van der Waals surface area contributed by atoms with Crippen molar-refractivity contribution in [2.24, 2.45) is 0 Å². The van der Waals surface area contributed by atoms with Crippen LogP contribution in [0.5, 0.6) is 5.75 Å². The van der Waals surface area contributed by atoms with E-state index >= 15 is 0 Å². The molecule has 1 amide bonds. The Hall–Kier alpha value is -3.86. The first-order chi connectivity index (χ1) is 17.5. The molecular formula is C31H33NO4. The Bertz CT molecular complexity index is 1230. The first kappa shape index (κ1) is 25.2. The zero-order valence-electron chi connectivity index (χ0n) is 20.9. The third kappa shape index (κ3) is 5.35. The summed E-state index contributed by atoms with van der Waals surface area (Å²) in [4.78, 5) is 28.5. The highest BCUT2D eigenvalue weighted by atomic mass is 16.5. The van der Waals surface area contributed by atoms with Crippen molar-refractivity contribution < 1.29 is 19.4 Å². The molecule has 1 aliphatic heterocycles. The second kappa shape index (κ2) is 11.7. The number of carbonyl (C=O) groups excluding carboxylic acids is 2. The molecule has 0 saturated carbocycles. The summed E-state index contributed by atoms with van der Waals surface area (Å²) in [5.74, 6) is -0.825. The highest BCUT2D eigenvalue weighted by Gasteiger charge is 2.44. The molecule has 1 unspecified atom stereocenters. The fourth-order valence-electron chi connectivity index (χ4n) is 4.54. The van der Waals surface area contributed by atoms with Crippen molar-refractivity contribution >= 4 is 17.4 Å². The van der Waals surface area contributed by atoms with Gasteiger partial charge in [0, 0.05) is 17.3 Å². The third-order valence-electron chi connectivity index (χ3n) is 6.55. The minimum atomic E-state index is -0.754. The molecule has 1 aliphatic rings. The summed E-state index contributed by atoms with van der Waals surface area (Å²) in [7, 11) is 0. The van der Waals surface area contributed by atoms with E-state index in [0.717, 1.165) is 36.8 Å². The number of aliphatic hydroxyl groups excluding tert-OH is 1. The Labute approximate surface area is 213 Å². The summed E-state index contributed by atoms with van der Waals surface area (Å²) < 4.78 is 5.95. The quantitative estimate of drug-likeness (QED) is 0.236. The van der Waals surface area contributed by atoms with Crippen LogP contribution in [0.1, 0.15) is 67.1 Å². The molecule has 1 atom stereocenters. The van der Waals surface area contributed by atoms with Crippen molar-refractivity contribution in [3.63, 3.8) is 0 Å². The van der Waals surface area contributed by atoms with Crippen molar-refractivity contribution in [2.75, 3.05) is 11.5 Å². The number of rotatable bonds is 11. The standard InChI is InChI=1S/C31H33NO4/c1-3-5-6-10-20-36-26-15-11-14-25(21-26)32-28(23-18-16-22(4-2)17-19-23)27(30(34)31(32)35)29(33)24-12-8-7-9-13-24/h7-9,11-19,21,28,34H,3-6,10,20H2,1-2H3. The van der Waals surface area contributed by atoms with E-state index in [4.69, 9.17) is 4.74 Å². The number of hydrogen-bond donors (Lipinski definition) is 1. The molecule has 186 valence electrons. The lowest BCUT2D eigenvalue weighted by molar-refractivity contribution is -0.117. The van der Waals surface area contributed by atoms with Gasteiger partial charge in [-0.25, -0.2) is 0 Å². The maximum atomic E-state index is 13.6. The number of amides is 1. The minimum absolute atomic E-state index is 0.0846. The van der Waals surface area contributed by atoms with Crippen molar-refractivity contribution in [2.45, 2.75) is 52.0 Å². The van der Waals surface area contributed by atoms with Crippen molar-refractivity contribution in [3.8, 4) is 5.75 Å². The molecule has 36 heavy (non-hydrogen) atoms. The van der Waals surface area contributed by atoms with E-state index in [9.17, 15) is 14.7 Å². The molecule has 5 nitrogen and oxygen atoms in total. The van der Waals surface area contributed by atoms with E-state index in [1.807, 2.05) is 42.5 Å². The fourth-order valence-corrected chi connectivity index (χ4v) is 4.54. The van der Waals surface area contributed by atoms with Crippen LogP contribution in [0.4, 0.5) is 5.69 Å². The van der Waals surface area contributed by atoms with E-state index in [0.29, 0.717) is 23.6 Å². The second-order valence-electron chi connectivity index (χ2n) is 9.04. The molecule has 5 heteroatoms. The van der Waals surface area contributed by atoms with Crippen molar-refractivity contribution in [1.29, 1.82) is 0 Å². The molecule has 3 aromatic rings. The molecular weight excluding hydrogens is 450 g/mol. The monoisotopic (exact) mass is 483 g/mol. The number of aryl methyl sites for hydroxylation is 1. The van der Waals surface area contributed by atoms with Crippen LogP contribution in [0.15, 0.2) is 90.2 Å². The zero-order chi connectivity index (χ0) is 25.5. The van der Waals surface area contributed by atoms with Crippen LogP contribution >= 0.6 is 0 Å². The van der Waals surface area contributed by atoms with Crippen LogP contribution in [-0.2, 0) is 11.2 Å². The summed E-state index contributed by atoms with van der Waals surface area (Å²) in [6.45, 7) is 4.84. The van der Waals surface area contributed by atoms with Crippen LogP contribution in [0.2, 0.25) is 0 Å². The summed E-state index contributed by atoms with van der Waals surface area (Å²) in [5.41, 5.74) is 2.99. The van der Waals surface area contributed by atoms with Gasteiger partial charge in [-0.1, -0.05) is 93.8 Å². The second-order valence-corrected chi connectivity index (χ2v) is 9.04. The Morgan fingerprint density at radius 3 is 2.36 bits per heavy atom. The predicted molar refractivity (Wildman–Crippen MR) is 143 cm³/mol. The number of unbranched alkanes of at least 4 members (excludes halogenated alkanes) is 3. The van der Waals surface area contributed by atoms with Gasteiger partial charge in [-0.3, -0.25) is 14.5 Å². The van der Waals surface area contributed by atoms with Gasteiger partial charge in [0.25, 0.3) is 5.91 Å². The van der Waals surface area contributed by atoms with Gasteiger partial charge in [-0.2, -0.15) is 0 Å². The number of carbonyl (C=O) groups is 2. The molecule has 0 spiro atoms. The Morgan fingerprint density at radius 1 is 0.917 bits per heavy atom. The largest absolute Gasteiger partial charge is 0.503 e. The van der Waals surface area contributed by atoms with E-state index < -0.39 is 17.7 Å². The lowest BCUT2D eigenvalue weighted by Gasteiger charge is -2.27. The van der Waals surface area contributed by atoms with Gasteiger partial charge >= 0.3 is 0 Å². The Kier molecular flexibility index (Phi) is 8.21. The molecule has 0 radical (unpaired) electrons. The smallest absolute Gasteiger partial charge is 0.294 e. The van der Waals surface area contributed by atoms with Gasteiger partial charge in [-0.15, -0.1) is 0 Å². The van der Waals surface area contributed by atoms with Crippen molar-refractivity contribution in [3.05, 3.63) is 107 Å². The number of anilines is 1. The van der Waals surface area contributed by atoms with Gasteiger partial charge in [0.2, 0.25) is 0 Å². The Morgan fingerprint density at radius 2 is 1.67 bits per heavy atom. The van der Waals surface area contributed by atoms with Crippen LogP contribution in [0.3, 0.4) is 0 Å². The number of aliphatic hydroxyl groups is 1. The number of ketones is 1. The first-order valence-corrected chi connectivity index (χ1v) is 12.7.